The van der Waals surface area contributed by atoms with E-state index < -0.39 is 14.9 Å². The Kier molecular flexibility index (Phi) is 5.72. The maximum absolute atomic E-state index is 13.0. The molecule has 128 valence electrons. The van der Waals surface area contributed by atoms with Crippen LogP contribution in [0.5, 0.6) is 0 Å². The van der Waals surface area contributed by atoms with Crippen molar-refractivity contribution < 1.29 is 13.3 Å². The fraction of sp³-hybridized carbons (Fsp3) is 0.600. The van der Waals surface area contributed by atoms with Gasteiger partial charge in [0, 0.05) is 18.7 Å². The van der Waals surface area contributed by atoms with Gasteiger partial charge in [-0.25, -0.2) is 8.42 Å². The number of rotatable bonds is 6. The van der Waals surface area contributed by atoms with Crippen molar-refractivity contribution in [2.45, 2.75) is 43.5 Å². The largest absolute Gasteiger partial charge is 0.330 e. The van der Waals surface area contributed by atoms with Crippen LogP contribution >= 0.6 is 0 Å². The molecule has 0 amide bonds. The molecule has 1 aromatic rings. The highest BCUT2D eigenvalue weighted by Gasteiger charge is 2.39. The standard InChI is InChI=1S/C15H23N3O4S/c1-12-6-5-11-17(13(12)8-4-10-16)23(21,22)15-9-3-2-7-14(15)18(19)20/h2-3,7,9,12-13H,4-6,8,10-11,16H2,1H3/t12-,13-/m1/s1. The van der Waals surface area contributed by atoms with E-state index >= 15 is 0 Å². The molecule has 1 heterocycles. The molecule has 0 aromatic heterocycles. The van der Waals surface area contributed by atoms with Gasteiger partial charge in [-0.15, -0.1) is 0 Å². The molecule has 0 bridgehead atoms. The number of piperidine rings is 1. The topological polar surface area (TPSA) is 107 Å². The van der Waals surface area contributed by atoms with Gasteiger partial charge in [-0.3, -0.25) is 10.1 Å². The average Bonchev–Trinajstić information content (AvgIpc) is 2.53. The molecule has 1 aliphatic rings. The zero-order valence-corrected chi connectivity index (χ0v) is 14.0. The molecule has 2 N–H and O–H groups in total. The summed E-state index contributed by atoms with van der Waals surface area (Å²) >= 11 is 0. The maximum Gasteiger partial charge on any atom is 0.289 e. The number of hydrogen-bond donors (Lipinski definition) is 1. The first-order valence-corrected chi connectivity index (χ1v) is 9.29. The van der Waals surface area contributed by atoms with Crippen LogP contribution in [0.15, 0.2) is 29.2 Å². The van der Waals surface area contributed by atoms with Crippen molar-refractivity contribution in [2.24, 2.45) is 11.7 Å². The van der Waals surface area contributed by atoms with E-state index in [9.17, 15) is 18.5 Å². The Morgan fingerprint density at radius 3 is 2.74 bits per heavy atom. The van der Waals surface area contributed by atoms with Crippen LogP contribution in [-0.2, 0) is 10.0 Å². The van der Waals surface area contributed by atoms with Gasteiger partial charge in [0.15, 0.2) is 4.90 Å². The summed E-state index contributed by atoms with van der Waals surface area (Å²) in [6, 6.07) is 5.38. The van der Waals surface area contributed by atoms with Gasteiger partial charge in [-0.1, -0.05) is 19.1 Å². The third kappa shape index (κ3) is 3.70. The van der Waals surface area contributed by atoms with Crippen molar-refractivity contribution in [2.75, 3.05) is 13.1 Å². The minimum atomic E-state index is -3.90. The monoisotopic (exact) mass is 341 g/mol. The first-order valence-electron chi connectivity index (χ1n) is 7.85. The van der Waals surface area contributed by atoms with Crippen LogP contribution in [0, 0.1) is 16.0 Å². The van der Waals surface area contributed by atoms with Crippen LogP contribution in [-0.4, -0.2) is 36.8 Å². The van der Waals surface area contributed by atoms with E-state index in [1.165, 1.54) is 28.6 Å². The van der Waals surface area contributed by atoms with E-state index in [4.69, 9.17) is 5.73 Å². The van der Waals surface area contributed by atoms with Crippen LogP contribution in [0.4, 0.5) is 5.69 Å². The van der Waals surface area contributed by atoms with E-state index in [1.807, 2.05) is 6.92 Å². The van der Waals surface area contributed by atoms with Crippen LogP contribution in [0.2, 0.25) is 0 Å². The number of benzene rings is 1. The number of sulfonamides is 1. The van der Waals surface area contributed by atoms with E-state index in [-0.39, 0.29) is 22.5 Å². The second-order valence-corrected chi connectivity index (χ2v) is 7.82. The summed E-state index contributed by atoms with van der Waals surface area (Å²) in [4.78, 5) is 10.3. The van der Waals surface area contributed by atoms with Crippen LogP contribution < -0.4 is 5.73 Å². The van der Waals surface area contributed by atoms with Gasteiger partial charge in [0.2, 0.25) is 10.0 Å². The van der Waals surface area contributed by atoms with E-state index in [1.54, 1.807) is 0 Å². The minimum absolute atomic E-state index is 0.155. The summed E-state index contributed by atoms with van der Waals surface area (Å²) in [5.41, 5.74) is 5.19. The van der Waals surface area contributed by atoms with Crippen LogP contribution in [0.3, 0.4) is 0 Å². The molecule has 23 heavy (non-hydrogen) atoms. The van der Waals surface area contributed by atoms with E-state index in [0.29, 0.717) is 19.5 Å². The maximum atomic E-state index is 13.0. The molecule has 0 spiro atoms. The predicted octanol–water partition coefficient (Wildman–Crippen LogP) is 2.12. The Morgan fingerprint density at radius 1 is 1.39 bits per heavy atom. The van der Waals surface area contributed by atoms with Crippen molar-refractivity contribution >= 4 is 15.7 Å². The van der Waals surface area contributed by atoms with Crippen molar-refractivity contribution in [1.29, 1.82) is 0 Å². The second-order valence-electron chi connectivity index (χ2n) is 5.96. The van der Waals surface area contributed by atoms with Gasteiger partial charge in [-0.2, -0.15) is 4.31 Å². The summed E-state index contributed by atoms with van der Waals surface area (Å²) in [6.07, 6.45) is 3.13. The molecule has 1 saturated heterocycles. The van der Waals surface area contributed by atoms with Crippen molar-refractivity contribution in [1.82, 2.24) is 4.31 Å². The molecule has 0 aliphatic carbocycles. The van der Waals surface area contributed by atoms with Gasteiger partial charge in [0.05, 0.1) is 4.92 Å². The first kappa shape index (κ1) is 17.8. The van der Waals surface area contributed by atoms with Gasteiger partial charge >= 0.3 is 0 Å². The molecule has 0 unspecified atom stereocenters. The molecule has 2 rings (SSSR count). The smallest absolute Gasteiger partial charge is 0.289 e. The summed E-state index contributed by atoms with van der Waals surface area (Å²) in [6.45, 7) is 2.93. The Labute approximate surface area is 136 Å². The fourth-order valence-electron chi connectivity index (χ4n) is 3.22. The number of nitrogens with two attached hydrogens (primary N) is 1. The summed E-state index contributed by atoms with van der Waals surface area (Å²) in [7, 11) is -3.90. The fourth-order valence-corrected chi connectivity index (χ4v) is 5.17. The zero-order valence-electron chi connectivity index (χ0n) is 13.2. The number of nitro groups is 1. The lowest BCUT2D eigenvalue weighted by Gasteiger charge is -2.39. The van der Waals surface area contributed by atoms with E-state index in [0.717, 1.165) is 19.3 Å². The molecule has 1 aromatic carbocycles. The Bertz CT molecular complexity index is 662. The number of nitrogens with zero attached hydrogens (tertiary/aromatic N) is 2. The summed E-state index contributed by atoms with van der Waals surface area (Å²) in [5, 5.41) is 11.2. The van der Waals surface area contributed by atoms with Crippen LogP contribution in [0.25, 0.3) is 0 Å². The predicted molar refractivity (Wildman–Crippen MR) is 87.5 cm³/mol. The Hall–Kier alpha value is -1.51. The molecular formula is C15H23N3O4S. The molecule has 1 aliphatic heterocycles. The Balaban J connectivity index is 2.42. The Morgan fingerprint density at radius 2 is 2.09 bits per heavy atom. The van der Waals surface area contributed by atoms with Gasteiger partial charge in [0.25, 0.3) is 5.69 Å². The van der Waals surface area contributed by atoms with Crippen molar-refractivity contribution in [3.63, 3.8) is 0 Å². The lowest BCUT2D eigenvalue weighted by molar-refractivity contribution is -0.387. The number of para-hydroxylation sites is 1. The van der Waals surface area contributed by atoms with Gasteiger partial charge < -0.3 is 5.73 Å². The molecule has 1 fully saturated rings. The zero-order chi connectivity index (χ0) is 17.0. The number of nitro benzene ring substituents is 1. The second kappa shape index (κ2) is 7.37. The van der Waals surface area contributed by atoms with E-state index in [2.05, 4.69) is 0 Å². The average molecular weight is 341 g/mol. The molecule has 8 heteroatoms. The molecular weight excluding hydrogens is 318 g/mol. The molecule has 0 saturated carbocycles. The highest BCUT2D eigenvalue weighted by atomic mass is 32.2. The highest BCUT2D eigenvalue weighted by Crippen LogP contribution is 2.34. The summed E-state index contributed by atoms with van der Waals surface area (Å²) < 4.78 is 27.5. The summed E-state index contributed by atoms with van der Waals surface area (Å²) in [5.74, 6) is 0.216. The minimum Gasteiger partial charge on any atom is -0.330 e. The van der Waals surface area contributed by atoms with Gasteiger partial charge in [0.1, 0.15) is 0 Å². The third-order valence-electron chi connectivity index (χ3n) is 4.42. The normalized spacial score (nSPS) is 22.9. The quantitative estimate of drug-likeness (QED) is 0.630. The highest BCUT2D eigenvalue weighted by molar-refractivity contribution is 7.89. The SMILES string of the molecule is C[C@@H]1CCCN(S(=O)(=O)c2ccccc2[N+](=O)[O-])[C@@H]1CCCN. The lowest BCUT2D eigenvalue weighted by Crippen LogP contribution is -2.47. The first-order chi connectivity index (χ1) is 10.9. The molecule has 0 radical (unpaired) electrons. The van der Waals surface area contributed by atoms with Crippen molar-refractivity contribution in [3.8, 4) is 0 Å². The lowest BCUT2D eigenvalue weighted by atomic mass is 9.90. The molecule has 2 atom stereocenters. The number of hydrogen-bond acceptors (Lipinski definition) is 5. The third-order valence-corrected chi connectivity index (χ3v) is 6.39. The van der Waals surface area contributed by atoms with Crippen LogP contribution in [0.1, 0.15) is 32.6 Å². The van der Waals surface area contributed by atoms with Crippen molar-refractivity contribution in [3.05, 3.63) is 34.4 Å². The van der Waals surface area contributed by atoms with Gasteiger partial charge in [-0.05, 0) is 44.2 Å². The molecule has 7 nitrogen and oxygen atoms in total.